The number of carbonyl (C=O) groups excluding carboxylic acids is 4. The van der Waals surface area contributed by atoms with Crippen molar-refractivity contribution >= 4 is 39.5 Å². The highest BCUT2D eigenvalue weighted by atomic mass is 31.2. The minimum absolute atomic E-state index is 0.0988. The van der Waals surface area contributed by atoms with Gasteiger partial charge in [-0.05, 0) is 31.6 Å². The monoisotopic (exact) mass is 1210 g/mol. The van der Waals surface area contributed by atoms with E-state index < -0.39 is 97.5 Å². The zero-order valence-electron chi connectivity index (χ0n) is 52.6. The van der Waals surface area contributed by atoms with Crippen molar-refractivity contribution in [2.45, 2.75) is 335 Å². The van der Waals surface area contributed by atoms with Gasteiger partial charge in [0.25, 0.3) is 0 Å². The molecule has 0 spiro atoms. The number of hydrogen-bond donors (Lipinski definition) is 3. The Balaban J connectivity index is 4.98. The third kappa shape index (κ3) is 57.2. The van der Waals surface area contributed by atoms with Crippen LogP contribution in [0.5, 0.6) is 0 Å². The van der Waals surface area contributed by atoms with Gasteiger partial charge in [-0.3, -0.25) is 37.3 Å². The van der Waals surface area contributed by atoms with Gasteiger partial charge in [0, 0.05) is 25.7 Å². The summed E-state index contributed by atoms with van der Waals surface area (Å²) in [5.41, 5.74) is 0. The van der Waals surface area contributed by atoms with Gasteiger partial charge in [0.1, 0.15) is 19.3 Å². The van der Waals surface area contributed by atoms with Crippen molar-refractivity contribution in [1.29, 1.82) is 0 Å². The number of rotatable bonds is 63. The van der Waals surface area contributed by atoms with E-state index in [4.69, 9.17) is 37.0 Å². The lowest BCUT2D eigenvalue weighted by Gasteiger charge is -2.21. The molecule has 0 heterocycles. The molecular weight excluding hydrogens is 1090 g/mol. The molecule has 82 heavy (non-hydrogen) atoms. The van der Waals surface area contributed by atoms with Gasteiger partial charge in [-0.2, -0.15) is 0 Å². The molecule has 0 rings (SSSR count). The fourth-order valence-electron chi connectivity index (χ4n) is 9.41. The van der Waals surface area contributed by atoms with Crippen LogP contribution in [0.2, 0.25) is 0 Å². The maximum absolute atomic E-state index is 13.0. The van der Waals surface area contributed by atoms with Crippen LogP contribution in [0, 0.1) is 5.92 Å². The Bertz CT molecular complexity index is 1600. The molecule has 17 nitrogen and oxygen atoms in total. The van der Waals surface area contributed by atoms with E-state index in [9.17, 15) is 43.2 Å². The van der Waals surface area contributed by atoms with Gasteiger partial charge < -0.3 is 33.8 Å². The average molecular weight is 1210 g/mol. The van der Waals surface area contributed by atoms with Crippen LogP contribution in [0.15, 0.2) is 0 Å². The third-order valence-corrected chi connectivity index (χ3v) is 16.4. The first kappa shape index (κ1) is 80.1. The number of unbranched alkanes of at least 4 members (excludes halogenated alkanes) is 35. The van der Waals surface area contributed by atoms with Crippen LogP contribution in [0.25, 0.3) is 0 Å². The lowest BCUT2D eigenvalue weighted by Crippen LogP contribution is -2.30. The van der Waals surface area contributed by atoms with Crippen LogP contribution in [-0.2, 0) is 65.4 Å². The summed E-state index contributed by atoms with van der Waals surface area (Å²) in [7, 11) is -9.86. The molecule has 0 aromatic carbocycles. The molecule has 0 bridgehead atoms. The second-order valence-electron chi connectivity index (χ2n) is 23.3. The SMILES string of the molecule is CCCCCCCCCCCCCCCCCCCCCCCCC(=O)O[C@H](COC(=O)CCCCCCCCCC(C)C)COP(=O)(O)OC[C@@H](O)COP(=O)(O)OC[C@@H](COC(=O)CCCCCCC)OC(=O)CCCCCCC. The van der Waals surface area contributed by atoms with E-state index in [2.05, 4.69) is 34.6 Å². The molecule has 0 amide bonds. The van der Waals surface area contributed by atoms with Gasteiger partial charge in [-0.25, -0.2) is 9.13 Å². The molecular formula is C63H122O17P2. The second kappa shape index (κ2) is 56.8. The lowest BCUT2D eigenvalue weighted by molar-refractivity contribution is -0.161. The summed E-state index contributed by atoms with van der Waals surface area (Å²) in [6.45, 7) is 6.94. The summed E-state index contributed by atoms with van der Waals surface area (Å²) in [6.07, 6.45) is 41.5. The van der Waals surface area contributed by atoms with Crippen molar-refractivity contribution in [1.82, 2.24) is 0 Å². The third-order valence-electron chi connectivity index (χ3n) is 14.5. The number of carbonyl (C=O) groups is 4. The van der Waals surface area contributed by atoms with E-state index in [1.165, 1.54) is 128 Å². The van der Waals surface area contributed by atoms with E-state index in [0.29, 0.717) is 31.6 Å². The maximum atomic E-state index is 13.0. The van der Waals surface area contributed by atoms with Crippen molar-refractivity contribution in [3.05, 3.63) is 0 Å². The standard InChI is InChI=1S/C63H122O17P2/c1-6-9-12-15-16-17-18-19-20-21-22-23-24-25-26-27-28-29-30-33-39-44-49-63(68)80-59(53-74-61(66)47-42-38-34-31-32-37-40-45-56(4)5)55-78-82(71,72)76-51-57(64)50-75-81(69,70)77-54-58(79-62(67)48-43-36-14-11-8-3)52-73-60(65)46-41-35-13-10-7-2/h56-59,64H,6-55H2,1-5H3,(H,69,70)(H,71,72)/t57-,58+,59+/m0/s1. The van der Waals surface area contributed by atoms with Gasteiger partial charge in [-0.15, -0.1) is 0 Å². The summed E-state index contributed by atoms with van der Waals surface area (Å²) in [4.78, 5) is 71.5. The van der Waals surface area contributed by atoms with Crippen LogP contribution in [0.3, 0.4) is 0 Å². The Morgan fingerprint density at radius 1 is 0.329 bits per heavy atom. The minimum atomic E-state index is -4.94. The molecule has 2 unspecified atom stereocenters. The number of esters is 4. The van der Waals surface area contributed by atoms with Gasteiger partial charge in [0.15, 0.2) is 12.2 Å². The molecule has 0 aliphatic rings. The molecule has 0 radical (unpaired) electrons. The highest BCUT2D eigenvalue weighted by Crippen LogP contribution is 2.45. The summed E-state index contributed by atoms with van der Waals surface area (Å²) in [6, 6.07) is 0. The van der Waals surface area contributed by atoms with E-state index >= 15 is 0 Å². The van der Waals surface area contributed by atoms with Crippen LogP contribution in [0.4, 0.5) is 0 Å². The van der Waals surface area contributed by atoms with Crippen molar-refractivity contribution in [3.63, 3.8) is 0 Å². The van der Waals surface area contributed by atoms with Crippen molar-refractivity contribution in [2.75, 3.05) is 39.6 Å². The number of phosphoric ester groups is 2. The Morgan fingerprint density at radius 2 is 0.561 bits per heavy atom. The fraction of sp³-hybridized carbons (Fsp3) is 0.937. The first-order chi connectivity index (χ1) is 39.5. The zero-order valence-corrected chi connectivity index (χ0v) is 54.4. The van der Waals surface area contributed by atoms with Crippen molar-refractivity contribution in [2.24, 2.45) is 5.92 Å². The minimum Gasteiger partial charge on any atom is -0.462 e. The largest absolute Gasteiger partial charge is 0.472 e. The van der Waals surface area contributed by atoms with Gasteiger partial charge in [-0.1, -0.05) is 266 Å². The molecule has 486 valence electrons. The number of aliphatic hydroxyl groups excluding tert-OH is 1. The molecule has 0 saturated heterocycles. The number of hydrogen-bond acceptors (Lipinski definition) is 15. The Morgan fingerprint density at radius 3 is 0.829 bits per heavy atom. The zero-order chi connectivity index (χ0) is 60.6. The molecule has 0 saturated carbocycles. The molecule has 19 heteroatoms. The molecule has 0 aromatic heterocycles. The Labute approximate surface area is 498 Å². The number of aliphatic hydroxyl groups is 1. The van der Waals surface area contributed by atoms with Crippen molar-refractivity contribution < 1.29 is 80.2 Å². The quantitative estimate of drug-likeness (QED) is 0.0222. The van der Waals surface area contributed by atoms with Crippen LogP contribution in [0.1, 0.15) is 317 Å². The van der Waals surface area contributed by atoms with E-state index in [1.807, 2.05) is 0 Å². The normalized spacial score (nSPS) is 14.3. The molecule has 0 aromatic rings. The highest BCUT2D eigenvalue weighted by molar-refractivity contribution is 7.47. The van der Waals surface area contributed by atoms with E-state index in [0.717, 1.165) is 103 Å². The number of ether oxygens (including phenoxy) is 4. The summed E-state index contributed by atoms with van der Waals surface area (Å²) in [5, 5.41) is 10.5. The summed E-state index contributed by atoms with van der Waals surface area (Å²) in [5.74, 6) is -1.46. The van der Waals surface area contributed by atoms with Gasteiger partial charge in [0.2, 0.25) is 0 Å². The van der Waals surface area contributed by atoms with E-state index in [1.54, 1.807) is 0 Å². The van der Waals surface area contributed by atoms with Gasteiger partial charge >= 0.3 is 39.5 Å². The Kier molecular flexibility index (Phi) is 55.5. The average Bonchev–Trinajstić information content (AvgIpc) is 3.46. The van der Waals surface area contributed by atoms with E-state index in [-0.39, 0.29) is 25.7 Å². The first-order valence-corrected chi connectivity index (χ1v) is 36.1. The fourth-order valence-corrected chi connectivity index (χ4v) is 11.0. The van der Waals surface area contributed by atoms with Crippen molar-refractivity contribution in [3.8, 4) is 0 Å². The summed E-state index contributed by atoms with van der Waals surface area (Å²) < 4.78 is 67.4. The highest BCUT2D eigenvalue weighted by Gasteiger charge is 2.30. The molecule has 3 N–H and O–H groups in total. The molecule has 0 aliphatic carbocycles. The van der Waals surface area contributed by atoms with Gasteiger partial charge in [0.05, 0.1) is 26.4 Å². The number of phosphoric acid groups is 2. The Hall–Kier alpha value is -1.94. The predicted octanol–water partition coefficient (Wildman–Crippen LogP) is 17.4. The first-order valence-electron chi connectivity index (χ1n) is 33.1. The topological polar surface area (TPSA) is 237 Å². The molecule has 0 fully saturated rings. The smallest absolute Gasteiger partial charge is 0.462 e. The van der Waals surface area contributed by atoms with Crippen LogP contribution >= 0.6 is 15.6 Å². The molecule has 0 aliphatic heterocycles. The predicted molar refractivity (Wildman–Crippen MR) is 326 cm³/mol. The van der Waals surface area contributed by atoms with Crippen LogP contribution < -0.4 is 0 Å². The summed E-state index contributed by atoms with van der Waals surface area (Å²) >= 11 is 0. The maximum Gasteiger partial charge on any atom is 0.472 e. The second-order valence-corrected chi connectivity index (χ2v) is 26.2. The van der Waals surface area contributed by atoms with Crippen LogP contribution in [-0.4, -0.2) is 96.7 Å². The lowest BCUT2D eigenvalue weighted by atomic mass is 10.0. The molecule has 5 atom stereocenters.